The quantitative estimate of drug-likeness (QED) is 0.403. The Morgan fingerprint density at radius 2 is 1.73 bits per heavy atom. The number of carboxylic acid groups (broad SMARTS) is 1. The van der Waals surface area contributed by atoms with Crippen molar-refractivity contribution in [2.24, 2.45) is 0 Å². The van der Waals surface area contributed by atoms with Crippen molar-refractivity contribution in [3.05, 3.63) is 75.3 Å². The van der Waals surface area contributed by atoms with Crippen molar-refractivity contribution in [3.8, 4) is 6.07 Å². The largest absolute Gasteiger partial charge is 0.478 e. The van der Waals surface area contributed by atoms with E-state index in [2.05, 4.69) is 0 Å². The zero-order chi connectivity index (χ0) is 16.1. The number of rotatable bonds is 4. The standard InChI is InChI=1S/C16H10N2O4/c17-10-14(11-5-7-12(8-6-11)16(19)20)9-13-3-1-2-4-15(13)18(21)22/h1-9H,(H,19,20)/b14-9-. The second-order valence-corrected chi connectivity index (χ2v) is 4.37. The normalized spacial score (nSPS) is 10.8. The van der Waals surface area contributed by atoms with E-state index in [1.807, 2.05) is 6.07 Å². The fraction of sp³-hybridized carbons (Fsp3) is 0. The minimum atomic E-state index is -1.06. The molecule has 0 aliphatic carbocycles. The number of benzene rings is 2. The Balaban J connectivity index is 2.46. The van der Waals surface area contributed by atoms with Crippen molar-refractivity contribution in [1.29, 1.82) is 5.26 Å². The number of hydrogen-bond acceptors (Lipinski definition) is 4. The van der Waals surface area contributed by atoms with Gasteiger partial charge in [-0.25, -0.2) is 4.79 Å². The number of nitrogens with zero attached hydrogens (tertiary/aromatic N) is 2. The fourth-order valence-electron chi connectivity index (χ4n) is 1.90. The summed E-state index contributed by atoms with van der Waals surface area (Å²) in [6.07, 6.45) is 1.41. The van der Waals surface area contributed by atoms with E-state index in [1.54, 1.807) is 18.2 Å². The average molecular weight is 294 g/mol. The molecule has 0 fully saturated rings. The third-order valence-electron chi connectivity index (χ3n) is 3.00. The lowest BCUT2D eigenvalue weighted by Gasteiger charge is -2.02. The first-order valence-corrected chi connectivity index (χ1v) is 6.22. The van der Waals surface area contributed by atoms with Gasteiger partial charge in [0.15, 0.2) is 0 Å². The molecule has 2 aromatic rings. The number of nitro benzene ring substituents is 1. The van der Waals surface area contributed by atoms with Gasteiger partial charge in [-0.1, -0.05) is 24.3 Å². The number of carbonyl (C=O) groups is 1. The first kappa shape index (κ1) is 14.9. The van der Waals surface area contributed by atoms with Gasteiger partial charge in [-0.3, -0.25) is 10.1 Å². The molecule has 108 valence electrons. The number of allylic oxidation sites excluding steroid dienone is 1. The second-order valence-electron chi connectivity index (χ2n) is 4.37. The van der Waals surface area contributed by atoms with Gasteiger partial charge in [-0.15, -0.1) is 0 Å². The predicted molar refractivity (Wildman–Crippen MR) is 80.0 cm³/mol. The monoisotopic (exact) mass is 294 g/mol. The summed E-state index contributed by atoms with van der Waals surface area (Å²) >= 11 is 0. The van der Waals surface area contributed by atoms with Crippen LogP contribution in [-0.4, -0.2) is 16.0 Å². The summed E-state index contributed by atoms with van der Waals surface area (Å²) in [5.41, 5.74) is 1.02. The molecular weight excluding hydrogens is 284 g/mol. The van der Waals surface area contributed by atoms with Crippen LogP contribution in [0.5, 0.6) is 0 Å². The summed E-state index contributed by atoms with van der Waals surface area (Å²) in [6, 6.07) is 13.8. The van der Waals surface area contributed by atoms with Gasteiger partial charge in [0.25, 0.3) is 5.69 Å². The molecule has 0 amide bonds. The third kappa shape index (κ3) is 3.16. The zero-order valence-corrected chi connectivity index (χ0v) is 11.3. The zero-order valence-electron chi connectivity index (χ0n) is 11.3. The summed E-state index contributed by atoms with van der Waals surface area (Å²) in [5, 5.41) is 29.1. The molecule has 2 rings (SSSR count). The smallest absolute Gasteiger partial charge is 0.335 e. The number of aromatic carboxylic acids is 1. The van der Waals surface area contributed by atoms with Crippen molar-refractivity contribution in [2.45, 2.75) is 0 Å². The second kappa shape index (κ2) is 6.33. The predicted octanol–water partition coefficient (Wildman–Crippen LogP) is 3.36. The van der Waals surface area contributed by atoms with Crippen LogP contribution in [0.1, 0.15) is 21.5 Å². The molecule has 0 aliphatic rings. The molecule has 2 aromatic carbocycles. The van der Waals surface area contributed by atoms with Crippen molar-refractivity contribution in [3.63, 3.8) is 0 Å². The van der Waals surface area contributed by atoms with E-state index in [9.17, 15) is 20.2 Å². The van der Waals surface area contributed by atoms with Crippen LogP contribution in [0.2, 0.25) is 0 Å². The van der Waals surface area contributed by atoms with E-state index in [0.717, 1.165) is 0 Å². The Bertz CT molecular complexity index is 802. The molecular formula is C16H10N2O4. The van der Waals surface area contributed by atoms with E-state index < -0.39 is 10.9 Å². The van der Waals surface area contributed by atoms with Crippen molar-refractivity contribution in [1.82, 2.24) is 0 Å². The number of nitriles is 1. The van der Waals surface area contributed by atoms with Gasteiger partial charge in [-0.2, -0.15) is 5.26 Å². The molecule has 0 bridgehead atoms. The van der Waals surface area contributed by atoms with Crippen LogP contribution in [0.3, 0.4) is 0 Å². The average Bonchev–Trinajstić information content (AvgIpc) is 2.53. The van der Waals surface area contributed by atoms with Crippen LogP contribution in [0.4, 0.5) is 5.69 Å². The summed E-state index contributed by atoms with van der Waals surface area (Å²) in [6.45, 7) is 0. The summed E-state index contributed by atoms with van der Waals surface area (Å²) in [5.74, 6) is -1.06. The van der Waals surface area contributed by atoms with Crippen LogP contribution in [0.15, 0.2) is 48.5 Å². The number of carboxylic acids is 1. The molecule has 6 nitrogen and oxygen atoms in total. The van der Waals surface area contributed by atoms with Gasteiger partial charge in [0, 0.05) is 6.07 Å². The number of hydrogen-bond donors (Lipinski definition) is 1. The molecule has 0 saturated carbocycles. The van der Waals surface area contributed by atoms with Gasteiger partial charge >= 0.3 is 5.97 Å². The molecule has 0 radical (unpaired) electrons. The van der Waals surface area contributed by atoms with Crippen LogP contribution in [-0.2, 0) is 0 Å². The summed E-state index contributed by atoms with van der Waals surface area (Å²) in [7, 11) is 0. The Morgan fingerprint density at radius 1 is 1.14 bits per heavy atom. The van der Waals surface area contributed by atoms with Crippen LogP contribution >= 0.6 is 0 Å². The minimum absolute atomic E-state index is 0.0996. The highest BCUT2D eigenvalue weighted by Crippen LogP contribution is 2.24. The van der Waals surface area contributed by atoms with Crippen molar-refractivity contribution < 1.29 is 14.8 Å². The number of nitro groups is 1. The number of para-hydroxylation sites is 1. The van der Waals surface area contributed by atoms with Gasteiger partial charge < -0.3 is 5.11 Å². The van der Waals surface area contributed by atoms with Crippen LogP contribution < -0.4 is 0 Å². The van der Waals surface area contributed by atoms with Crippen molar-refractivity contribution >= 4 is 23.3 Å². The van der Waals surface area contributed by atoms with Gasteiger partial charge in [0.1, 0.15) is 0 Å². The molecule has 1 N–H and O–H groups in total. The Hall–Kier alpha value is -3.46. The van der Waals surface area contributed by atoms with E-state index in [0.29, 0.717) is 11.1 Å². The molecule has 0 saturated heterocycles. The van der Waals surface area contributed by atoms with Crippen molar-refractivity contribution in [2.75, 3.05) is 0 Å². The SMILES string of the molecule is N#C/C(=C/c1ccccc1[N+](=O)[O-])c1ccc(C(=O)O)cc1. The highest BCUT2D eigenvalue weighted by atomic mass is 16.6. The first-order valence-electron chi connectivity index (χ1n) is 6.22. The Morgan fingerprint density at radius 3 is 2.27 bits per heavy atom. The van der Waals surface area contributed by atoms with E-state index in [-0.39, 0.29) is 16.8 Å². The molecule has 0 aliphatic heterocycles. The Kier molecular flexibility index (Phi) is 4.30. The third-order valence-corrected chi connectivity index (χ3v) is 3.00. The molecule has 0 unspecified atom stereocenters. The topological polar surface area (TPSA) is 104 Å². The maximum Gasteiger partial charge on any atom is 0.335 e. The van der Waals surface area contributed by atoms with E-state index in [4.69, 9.17) is 5.11 Å². The highest BCUT2D eigenvalue weighted by molar-refractivity contribution is 5.93. The van der Waals surface area contributed by atoms with Gasteiger partial charge in [-0.05, 0) is 29.8 Å². The van der Waals surface area contributed by atoms with E-state index >= 15 is 0 Å². The summed E-state index contributed by atoms with van der Waals surface area (Å²) in [4.78, 5) is 21.3. The molecule has 0 aromatic heterocycles. The molecule has 0 heterocycles. The van der Waals surface area contributed by atoms with Crippen LogP contribution in [0, 0.1) is 21.4 Å². The minimum Gasteiger partial charge on any atom is -0.478 e. The lowest BCUT2D eigenvalue weighted by molar-refractivity contribution is -0.385. The highest BCUT2D eigenvalue weighted by Gasteiger charge is 2.12. The van der Waals surface area contributed by atoms with Gasteiger partial charge in [0.05, 0.1) is 27.7 Å². The lowest BCUT2D eigenvalue weighted by atomic mass is 10.0. The maximum absolute atomic E-state index is 11.0. The van der Waals surface area contributed by atoms with Gasteiger partial charge in [0.2, 0.25) is 0 Å². The molecule has 6 heteroatoms. The van der Waals surface area contributed by atoms with E-state index in [1.165, 1.54) is 36.4 Å². The first-order chi connectivity index (χ1) is 10.5. The lowest BCUT2D eigenvalue weighted by Crippen LogP contribution is -1.96. The molecule has 0 atom stereocenters. The Labute approximate surface area is 125 Å². The molecule has 22 heavy (non-hydrogen) atoms. The summed E-state index contributed by atoms with van der Waals surface area (Å²) < 4.78 is 0. The fourth-order valence-corrected chi connectivity index (χ4v) is 1.90. The maximum atomic E-state index is 11.0. The molecule has 0 spiro atoms. The van der Waals surface area contributed by atoms with Crippen LogP contribution in [0.25, 0.3) is 11.6 Å².